The van der Waals surface area contributed by atoms with E-state index >= 15 is 0 Å². The highest BCUT2D eigenvalue weighted by Gasteiger charge is 1.64. The molecule has 0 aliphatic carbocycles. The van der Waals surface area contributed by atoms with Gasteiger partial charge in [0, 0.05) is 12.4 Å². The first-order valence-electron chi connectivity index (χ1n) is 2.64. The van der Waals surface area contributed by atoms with Crippen molar-refractivity contribution in [3.63, 3.8) is 0 Å². The second-order valence-electron chi connectivity index (χ2n) is 1.28. The van der Waals surface area contributed by atoms with E-state index in [4.69, 9.17) is 0 Å². The molecule has 0 aliphatic heterocycles. The van der Waals surface area contributed by atoms with Gasteiger partial charge < -0.3 is 0 Å². The van der Waals surface area contributed by atoms with Crippen LogP contribution in [-0.2, 0) is 0 Å². The van der Waals surface area contributed by atoms with Crippen LogP contribution in [0.25, 0.3) is 0 Å². The number of halogens is 1. The molecule has 0 fully saturated rings. The molecular weight excluding hydrogens is 105 g/mol. The molecule has 0 aromatic heterocycles. The minimum absolute atomic E-state index is 0.478. The number of hydrogen-bond acceptors (Lipinski definition) is 1. The minimum Gasteiger partial charge on any atom is -0.267 e. The zero-order valence-corrected chi connectivity index (χ0v) is 4.97. The maximum absolute atomic E-state index is 11.2. The fraction of sp³-hybridized carbons (Fsp3) is 0.500. The maximum atomic E-state index is 11.2. The van der Waals surface area contributed by atoms with Crippen LogP contribution in [0.4, 0.5) is 4.39 Å². The molecule has 0 aliphatic rings. The van der Waals surface area contributed by atoms with E-state index in [-0.39, 0.29) is 0 Å². The molecule has 0 heterocycles. The average Bonchev–Trinajstić information content (AvgIpc) is 1.81. The van der Waals surface area contributed by atoms with Crippen molar-refractivity contribution in [2.45, 2.75) is 13.3 Å². The van der Waals surface area contributed by atoms with Crippen molar-refractivity contribution in [2.75, 3.05) is 6.67 Å². The lowest BCUT2D eigenvalue weighted by atomic mass is 10.5. The largest absolute Gasteiger partial charge is 0.267 e. The Balaban J connectivity index is 3.13. The van der Waals surface area contributed by atoms with E-state index in [0.717, 1.165) is 6.42 Å². The molecule has 0 aromatic carbocycles. The van der Waals surface area contributed by atoms with Crippen LogP contribution in [0.1, 0.15) is 13.3 Å². The van der Waals surface area contributed by atoms with E-state index in [0.29, 0.717) is 0 Å². The number of allylic oxidation sites excluding steroid dienone is 1. The van der Waals surface area contributed by atoms with Crippen LogP contribution in [-0.4, -0.2) is 12.9 Å². The van der Waals surface area contributed by atoms with Gasteiger partial charge in [0.1, 0.15) is 6.67 Å². The lowest BCUT2D eigenvalue weighted by Crippen LogP contribution is -1.69. The van der Waals surface area contributed by atoms with Gasteiger partial charge in [-0.1, -0.05) is 13.0 Å². The van der Waals surface area contributed by atoms with Gasteiger partial charge in [-0.2, -0.15) is 0 Å². The van der Waals surface area contributed by atoms with Crippen molar-refractivity contribution >= 4 is 6.21 Å². The Morgan fingerprint density at radius 2 is 2.38 bits per heavy atom. The van der Waals surface area contributed by atoms with Crippen molar-refractivity contribution in [3.05, 3.63) is 12.3 Å². The van der Waals surface area contributed by atoms with E-state index in [1.807, 2.05) is 13.0 Å². The molecule has 0 saturated carbocycles. The molecule has 0 rings (SSSR count). The fourth-order valence-electron chi connectivity index (χ4n) is 0.267. The molecule has 0 saturated heterocycles. The zero-order chi connectivity index (χ0) is 6.24. The molecule has 0 spiro atoms. The summed E-state index contributed by atoms with van der Waals surface area (Å²) >= 11 is 0. The molecule has 0 aromatic rings. The van der Waals surface area contributed by atoms with Crippen molar-refractivity contribution in [1.82, 2.24) is 0 Å². The lowest BCUT2D eigenvalue weighted by molar-refractivity contribution is 0.587. The molecular formula is C6H10FN. The summed E-state index contributed by atoms with van der Waals surface area (Å²) < 4.78 is 11.2. The van der Waals surface area contributed by atoms with Crippen molar-refractivity contribution in [1.29, 1.82) is 0 Å². The third-order valence-corrected chi connectivity index (χ3v) is 0.602. The summed E-state index contributed by atoms with van der Waals surface area (Å²) in [5.74, 6) is 0. The Labute approximate surface area is 48.9 Å². The second-order valence-corrected chi connectivity index (χ2v) is 1.28. The van der Waals surface area contributed by atoms with Gasteiger partial charge in [0.2, 0.25) is 0 Å². The predicted molar refractivity (Wildman–Crippen MR) is 33.9 cm³/mol. The smallest absolute Gasteiger partial charge is 0.125 e. The standard InChI is InChI=1S/C6H10FN/c1-2-3-5-8-6-4-7/h3,5-6H,2,4H2,1H3/b5-3-,8-6?. The minimum atomic E-state index is -0.478. The van der Waals surface area contributed by atoms with Crippen molar-refractivity contribution < 1.29 is 4.39 Å². The Hall–Kier alpha value is -0.660. The van der Waals surface area contributed by atoms with Crippen LogP contribution >= 0.6 is 0 Å². The molecule has 8 heavy (non-hydrogen) atoms. The third kappa shape index (κ3) is 5.34. The van der Waals surface area contributed by atoms with Crippen molar-refractivity contribution in [3.8, 4) is 0 Å². The first-order chi connectivity index (χ1) is 3.91. The predicted octanol–water partition coefficient (Wildman–Crippen LogP) is 1.95. The Kier molecular flexibility index (Phi) is 5.82. The molecule has 2 heteroatoms. The highest BCUT2D eigenvalue weighted by Crippen LogP contribution is 1.78. The van der Waals surface area contributed by atoms with E-state index in [1.165, 1.54) is 6.21 Å². The van der Waals surface area contributed by atoms with Crippen LogP contribution < -0.4 is 0 Å². The summed E-state index contributed by atoms with van der Waals surface area (Å²) in [6.45, 7) is 1.52. The summed E-state index contributed by atoms with van der Waals surface area (Å²) in [6.07, 6.45) is 5.64. The van der Waals surface area contributed by atoms with Gasteiger partial charge in [0.25, 0.3) is 0 Å². The molecule has 0 amide bonds. The Morgan fingerprint density at radius 3 is 2.88 bits per heavy atom. The molecule has 46 valence electrons. The summed E-state index contributed by atoms with van der Waals surface area (Å²) in [5, 5.41) is 0. The topological polar surface area (TPSA) is 12.4 Å². The van der Waals surface area contributed by atoms with Crippen LogP contribution in [0.5, 0.6) is 0 Å². The molecule has 0 radical (unpaired) electrons. The number of hydrogen-bond donors (Lipinski definition) is 0. The van der Waals surface area contributed by atoms with Gasteiger partial charge in [0.05, 0.1) is 0 Å². The second kappa shape index (κ2) is 6.34. The molecule has 0 N–H and O–H groups in total. The van der Waals surface area contributed by atoms with Crippen LogP contribution in [0.15, 0.2) is 17.3 Å². The summed E-state index contributed by atoms with van der Waals surface area (Å²) in [5.41, 5.74) is 0. The Morgan fingerprint density at radius 1 is 1.62 bits per heavy atom. The summed E-state index contributed by atoms with van der Waals surface area (Å²) in [6, 6.07) is 0. The van der Waals surface area contributed by atoms with E-state index in [2.05, 4.69) is 4.99 Å². The number of rotatable bonds is 3. The van der Waals surface area contributed by atoms with Gasteiger partial charge in [-0.3, -0.25) is 4.99 Å². The lowest BCUT2D eigenvalue weighted by Gasteiger charge is -1.73. The normalized spacial score (nSPS) is 11.8. The Bertz CT molecular complexity index is 74.5. The first kappa shape index (κ1) is 7.34. The molecule has 0 atom stereocenters. The fourth-order valence-corrected chi connectivity index (χ4v) is 0.267. The van der Waals surface area contributed by atoms with Gasteiger partial charge in [-0.15, -0.1) is 0 Å². The number of alkyl halides is 1. The monoisotopic (exact) mass is 115 g/mol. The van der Waals surface area contributed by atoms with Gasteiger partial charge in [-0.05, 0) is 6.42 Å². The highest BCUT2D eigenvalue weighted by molar-refractivity contribution is 5.58. The van der Waals surface area contributed by atoms with Crippen LogP contribution in [0, 0.1) is 0 Å². The summed E-state index contributed by atoms with van der Waals surface area (Å²) in [4.78, 5) is 3.60. The van der Waals surface area contributed by atoms with E-state index in [1.54, 1.807) is 6.20 Å². The number of aliphatic imine (C=N–C) groups is 1. The van der Waals surface area contributed by atoms with Gasteiger partial charge in [0.15, 0.2) is 0 Å². The van der Waals surface area contributed by atoms with Crippen LogP contribution in [0.2, 0.25) is 0 Å². The molecule has 0 unspecified atom stereocenters. The van der Waals surface area contributed by atoms with E-state index < -0.39 is 6.67 Å². The quantitative estimate of drug-likeness (QED) is 0.498. The van der Waals surface area contributed by atoms with Gasteiger partial charge in [-0.25, -0.2) is 4.39 Å². The van der Waals surface area contributed by atoms with Crippen LogP contribution in [0.3, 0.4) is 0 Å². The highest BCUT2D eigenvalue weighted by atomic mass is 19.1. The van der Waals surface area contributed by atoms with E-state index in [9.17, 15) is 4.39 Å². The van der Waals surface area contributed by atoms with Gasteiger partial charge >= 0.3 is 0 Å². The SMILES string of the molecule is CC/C=C\N=CCF. The summed E-state index contributed by atoms with van der Waals surface area (Å²) in [7, 11) is 0. The number of nitrogens with zero attached hydrogens (tertiary/aromatic N) is 1. The molecule has 1 nitrogen and oxygen atoms in total. The maximum Gasteiger partial charge on any atom is 0.125 e. The molecule has 0 bridgehead atoms. The zero-order valence-electron chi connectivity index (χ0n) is 4.97. The van der Waals surface area contributed by atoms with Crippen molar-refractivity contribution in [2.24, 2.45) is 4.99 Å². The average molecular weight is 115 g/mol. The third-order valence-electron chi connectivity index (χ3n) is 0.602. The first-order valence-corrected chi connectivity index (χ1v) is 2.64.